The summed E-state index contributed by atoms with van der Waals surface area (Å²) in [6.45, 7) is 2.17. The van der Waals surface area contributed by atoms with Crippen molar-refractivity contribution in [2.24, 2.45) is 0 Å². The Morgan fingerprint density at radius 1 is 0.814 bits per heavy atom. The minimum Gasteiger partial charge on any atom is -0.455 e. The Labute approximate surface area is 490 Å². The smallest absolute Gasteiger partial charge is 0.455 e. The predicted octanol–water partition coefficient (Wildman–Crippen LogP) is 1.44. The lowest BCUT2D eigenvalue weighted by Crippen LogP contribution is -2.45. The van der Waals surface area contributed by atoms with Crippen LogP contribution in [0.1, 0.15) is 91.0 Å². The van der Waals surface area contributed by atoms with Crippen molar-refractivity contribution >= 4 is 83.9 Å². The van der Waals surface area contributed by atoms with Crippen molar-refractivity contribution in [3.05, 3.63) is 86.9 Å². The molecule has 5 aromatic rings. The monoisotopic (exact) mass is 1300 g/mol. The van der Waals surface area contributed by atoms with Crippen LogP contribution >= 0.6 is 23.5 Å². The van der Waals surface area contributed by atoms with E-state index in [1.54, 1.807) is 0 Å². The summed E-state index contributed by atoms with van der Waals surface area (Å²) in [5, 5.41) is 18.2. The number of anilines is 2. The molecule has 0 spiro atoms. The number of imidazole rings is 1. The van der Waals surface area contributed by atoms with E-state index in [-0.39, 0.29) is 59.9 Å². The fourth-order valence-corrected chi connectivity index (χ4v) is 17.0. The molecule has 6 aliphatic heterocycles. The van der Waals surface area contributed by atoms with Crippen molar-refractivity contribution in [2.75, 3.05) is 63.1 Å². The fourth-order valence-electron chi connectivity index (χ4n) is 12.1. The van der Waals surface area contributed by atoms with E-state index >= 15 is 0 Å². The van der Waals surface area contributed by atoms with Gasteiger partial charge in [0.2, 0.25) is 21.3 Å². The highest BCUT2D eigenvalue weighted by atomic mass is 32.2. The van der Waals surface area contributed by atoms with E-state index < -0.39 is 91.7 Å². The van der Waals surface area contributed by atoms with Crippen LogP contribution in [-0.2, 0) is 86.9 Å². The first kappa shape index (κ1) is 61.8. The maximum absolute atomic E-state index is 14.7. The van der Waals surface area contributed by atoms with Gasteiger partial charge in [0.25, 0.3) is 10.1 Å². The van der Waals surface area contributed by atoms with Gasteiger partial charge in [0.05, 0.1) is 28.3 Å². The summed E-state index contributed by atoms with van der Waals surface area (Å²) >= 11 is 0. The highest BCUT2D eigenvalue weighted by molar-refractivity contribution is 7.89. The summed E-state index contributed by atoms with van der Waals surface area (Å²) in [5.74, 6) is 0.871. The van der Waals surface area contributed by atoms with Crippen LogP contribution in [0.25, 0.3) is 16.7 Å². The second-order valence-electron chi connectivity index (χ2n) is 21.4. The van der Waals surface area contributed by atoms with Crippen LogP contribution in [-0.4, -0.2) is 148 Å². The number of benzene rings is 3. The van der Waals surface area contributed by atoms with Crippen LogP contribution < -0.4 is 45.9 Å². The van der Waals surface area contributed by atoms with E-state index in [0.29, 0.717) is 29.9 Å². The first-order chi connectivity index (χ1) is 40.8. The Morgan fingerprint density at radius 3 is 2.31 bits per heavy atom. The van der Waals surface area contributed by atoms with E-state index in [1.807, 2.05) is 0 Å². The molecule has 0 bridgehead atoms. The number of nitrogens with one attached hydrogen (secondary N) is 3. The van der Waals surface area contributed by atoms with Gasteiger partial charge in [-0.25, -0.2) is 51.2 Å². The van der Waals surface area contributed by atoms with Crippen molar-refractivity contribution in [3.8, 4) is 11.5 Å². The largest absolute Gasteiger partial charge is 0.490 e. The maximum Gasteiger partial charge on any atom is 0.490 e. The zero-order valence-electron chi connectivity index (χ0n) is 45.7. The van der Waals surface area contributed by atoms with Gasteiger partial charge in [-0.2, -0.15) is 17.0 Å². The first-order valence-electron chi connectivity index (χ1n) is 27.6. The molecular weight excluding hydrogens is 1230 g/mol. The summed E-state index contributed by atoms with van der Waals surface area (Å²) in [4.78, 5) is 76.7. The Kier molecular flexibility index (Phi) is 17.4. The van der Waals surface area contributed by atoms with E-state index in [0.717, 1.165) is 129 Å². The normalized spacial score (nSPS) is 21.3. The number of carbonyl (C=O) groups is 2. The van der Waals surface area contributed by atoms with Crippen LogP contribution in [0.2, 0.25) is 0 Å². The Bertz CT molecular complexity index is 4090. The zero-order valence-corrected chi connectivity index (χ0v) is 50.0. The summed E-state index contributed by atoms with van der Waals surface area (Å²) in [6.07, 6.45) is 2.22. The number of sulfonamides is 1. The quantitative estimate of drug-likeness (QED) is 0.0199. The Balaban J connectivity index is 0.723. The number of phosphoric acid groups is 3. The minimum atomic E-state index is -5.89. The van der Waals surface area contributed by atoms with Gasteiger partial charge in [0.15, 0.2) is 23.8 Å². The summed E-state index contributed by atoms with van der Waals surface area (Å²) < 4.78 is 137. The highest BCUT2D eigenvalue weighted by Crippen LogP contribution is 2.66. The standard InChI is InChI=1S/C50H61N10O21P3S2/c51-47-40-48(55-26-54-47)60(27-56-40)49-46(43(62)36(77-49)25-76-83(67,68)81-84(69,70)80-82(64,65)66)79-50(63)53-17-16-52-38(61)12-2-1-3-15-57-85(71,72)37-24-30(86(73,74)75)13-14-31(37)39-34-22-28-8-4-18-58-20-6-10-32(41(28)58)44(34)78-45-33-11-7-21-59-19-5-9-29(42(33)59)23-35(39)45/h13-14,22-24,26-27,36,43,46,49,57,62H,1-12,15-21,25H2,(H8-,51,52,53,54,55,61,63,64,65,66,67,68,69,70,73,74,75)/p+1/t36-,43-,46-,49-/m1/s1. The van der Waals surface area contributed by atoms with Gasteiger partial charge >= 0.3 is 29.6 Å². The number of phosphoric ester groups is 1. The molecule has 6 atom stereocenters. The van der Waals surface area contributed by atoms with Crippen LogP contribution in [0.3, 0.4) is 0 Å². The van der Waals surface area contributed by atoms with Gasteiger partial charge in [0, 0.05) is 90.7 Å². The third-order valence-corrected chi connectivity index (χ3v) is 21.8. The van der Waals surface area contributed by atoms with Gasteiger partial charge < -0.3 is 60.2 Å². The average molecular weight is 1300 g/mol. The number of hydrogen-bond donors (Lipinski definition) is 10. The van der Waals surface area contributed by atoms with Crippen molar-refractivity contribution in [1.29, 1.82) is 0 Å². The highest BCUT2D eigenvalue weighted by Gasteiger charge is 2.50. The van der Waals surface area contributed by atoms with Gasteiger partial charge in [-0.1, -0.05) is 12.5 Å². The number of hydrogen-bond acceptors (Lipinski definition) is 21. The number of rotatable bonds is 22. The molecule has 3 aromatic carbocycles. The van der Waals surface area contributed by atoms with Gasteiger partial charge in [-0.15, -0.1) is 0 Å². The molecule has 6 aliphatic rings. The number of nitrogen functional groups attached to an aromatic ring is 1. The van der Waals surface area contributed by atoms with Crippen LogP contribution in [0.5, 0.6) is 11.5 Å². The Morgan fingerprint density at radius 2 is 1.55 bits per heavy atom. The molecular formula is C50H62N10O21P3S2+. The Hall–Kier alpha value is -5.83. The summed E-state index contributed by atoms with van der Waals surface area (Å²) in [7, 11) is -26.6. The number of alkyl carbamates (subject to hydrolysis) is 1. The van der Waals surface area contributed by atoms with Crippen molar-refractivity contribution < 1.29 is 96.7 Å². The van der Waals surface area contributed by atoms with Crippen LogP contribution in [0.4, 0.5) is 16.3 Å². The number of fused-ring (bicyclic) bond motifs is 5. The molecule has 11 rings (SSSR count). The maximum atomic E-state index is 14.7. The number of aliphatic hydroxyl groups is 1. The SMILES string of the molecule is Nc1ncnc2c1ncn2[C@@H]1O[C@H](COP(=O)(O)OP(=O)(O)OP(=O)(O)O)[C@@H](O)[C@H]1OC(=O)NCCNC(=O)CCCCCNS(=O)(=O)c1cc(S(=O)(=O)O)ccc1C1=c2cc3c4c(c2Oc2c1cc1c5c2CCCN5CCC1)CCC[N+]=4CCC3. The van der Waals surface area contributed by atoms with Crippen molar-refractivity contribution in [3.63, 3.8) is 0 Å². The van der Waals surface area contributed by atoms with Crippen LogP contribution in [0, 0.1) is 0 Å². The molecule has 86 heavy (non-hydrogen) atoms. The van der Waals surface area contributed by atoms with Gasteiger partial charge in [-0.3, -0.25) is 18.4 Å². The second-order valence-corrected chi connectivity index (χ2v) is 28.9. The molecule has 0 saturated carbocycles. The molecule has 0 radical (unpaired) electrons. The second kappa shape index (κ2) is 24.3. The molecule has 1 fully saturated rings. The number of nitrogens with zero attached hydrogens (tertiary/aromatic N) is 6. The topological polar surface area (TPSA) is 442 Å². The number of aryl methyl sites for hydroxylation is 2. The van der Waals surface area contributed by atoms with E-state index in [1.165, 1.54) is 27.7 Å². The zero-order chi connectivity index (χ0) is 61.1. The number of aromatic nitrogens is 4. The lowest BCUT2D eigenvalue weighted by molar-refractivity contribution is -0.121. The third-order valence-electron chi connectivity index (χ3n) is 15.6. The van der Waals surface area contributed by atoms with Gasteiger partial charge in [-0.05, 0) is 81.2 Å². The molecule has 1 saturated heterocycles. The first-order valence-corrected chi connectivity index (χ1v) is 35.0. The van der Waals surface area contributed by atoms with E-state index in [9.17, 15) is 59.6 Å². The molecule has 464 valence electrons. The summed E-state index contributed by atoms with van der Waals surface area (Å²) in [6, 6.07) is 7.88. The van der Waals surface area contributed by atoms with Gasteiger partial charge in [0.1, 0.15) is 48.6 Å². The molecule has 36 heteroatoms. The molecule has 11 N–H and O–H groups in total. The molecule has 2 unspecified atom stereocenters. The minimum absolute atomic E-state index is 0.00585. The number of ether oxygens (including phenoxy) is 3. The fraction of sp³-hybridized carbons (Fsp3) is 0.480. The van der Waals surface area contributed by atoms with E-state index in [2.05, 4.69) is 65.1 Å². The van der Waals surface area contributed by atoms with Crippen LogP contribution in [0.15, 0.2) is 52.8 Å². The van der Waals surface area contributed by atoms with Crippen molar-refractivity contribution in [2.45, 2.75) is 111 Å². The molecule has 2 aromatic heterocycles. The molecule has 0 aliphatic carbocycles. The molecule has 2 amide bonds. The number of nitrogens with two attached hydrogens (primary N) is 1. The van der Waals surface area contributed by atoms with E-state index in [4.69, 9.17) is 29.7 Å². The summed E-state index contributed by atoms with van der Waals surface area (Å²) in [5.41, 5.74) is 13.2. The number of amides is 2. The molecule has 8 heterocycles. The predicted molar refractivity (Wildman–Crippen MR) is 301 cm³/mol. The number of aliphatic hydroxyl groups excluding tert-OH is 1. The molecule has 31 nitrogen and oxygen atoms in total. The lowest BCUT2D eigenvalue weighted by Gasteiger charge is -2.39. The third kappa shape index (κ3) is 13.0. The number of carbonyl (C=O) groups excluding carboxylic acids is 2. The lowest BCUT2D eigenvalue weighted by atomic mass is 9.82. The van der Waals surface area contributed by atoms with Crippen molar-refractivity contribution in [1.82, 2.24) is 39.5 Å². The number of unbranched alkanes of at least 4 members (excludes halogenated alkanes) is 2. The average Bonchev–Trinajstić information content (AvgIpc) is 1.73.